The zero-order chi connectivity index (χ0) is 17.5. The van der Waals surface area contributed by atoms with Crippen LogP contribution in [0.3, 0.4) is 0 Å². The van der Waals surface area contributed by atoms with E-state index in [1.807, 2.05) is 13.8 Å². The van der Waals surface area contributed by atoms with Crippen molar-refractivity contribution in [2.75, 3.05) is 0 Å². The van der Waals surface area contributed by atoms with Crippen molar-refractivity contribution in [2.45, 2.75) is 27.7 Å². The third kappa shape index (κ3) is 9.56. The van der Waals surface area contributed by atoms with Gasteiger partial charge in [0.05, 0.1) is 0 Å². The molecule has 0 aliphatic rings. The molecule has 27 heavy (non-hydrogen) atoms. The number of hydrogen-bond donors (Lipinski definition) is 0. The van der Waals surface area contributed by atoms with E-state index in [0.717, 1.165) is 0 Å². The summed E-state index contributed by atoms with van der Waals surface area (Å²) in [6, 6.07) is 25.7. The zero-order valence-corrected chi connectivity index (χ0v) is 20.4. The molecule has 4 aromatic rings. The van der Waals surface area contributed by atoms with E-state index in [1.165, 1.54) is 38.2 Å². The van der Waals surface area contributed by atoms with E-state index >= 15 is 0 Å². The van der Waals surface area contributed by atoms with Crippen LogP contribution in [0.25, 0.3) is 21.5 Å². The SMILES string of the molecule is C=C(C)C.Cc1cc2ccccc2[cH-]1.Cc1cc2ccccc2[cH-]1.[Cl-].[Cl-].[Zr+4]. The molecule has 0 aromatic heterocycles. The van der Waals surface area contributed by atoms with Crippen molar-refractivity contribution >= 4 is 21.5 Å². The Labute approximate surface area is 195 Å². The predicted octanol–water partition coefficient (Wildman–Crippen LogP) is 1.32. The van der Waals surface area contributed by atoms with Crippen LogP contribution < -0.4 is 24.8 Å². The maximum absolute atomic E-state index is 3.56. The van der Waals surface area contributed by atoms with Gasteiger partial charge in [-0.1, -0.05) is 31.6 Å². The van der Waals surface area contributed by atoms with Gasteiger partial charge < -0.3 is 24.8 Å². The van der Waals surface area contributed by atoms with Gasteiger partial charge in [-0.2, -0.15) is 12.1 Å². The Balaban J connectivity index is 0. The molecule has 3 heteroatoms. The first-order valence-corrected chi connectivity index (χ1v) is 8.32. The summed E-state index contributed by atoms with van der Waals surface area (Å²) in [4.78, 5) is 0. The number of aryl methyl sites for hydroxylation is 2. The molecular weight excluding hydrogens is 450 g/mol. The Morgan fingerprint density at radius 1 is 0.704 bits per heavy atom. The molecule has 140 valence electrons. The first-order valence-electron chi connectivity index (χ1n) is 8.32. The molecule has 0 spiro atoms. The fourth-order valence-electron chi connectivity index (χ4n) is 2.61. The first kappa shape index (κ1) is 28.1. The van der Waals surface area contributed by atoms with Crippen LogP contribution in [0.2, 0.25) is 0 Å². The number of halogens is 2. The summed E-state index contributed by atoms with van der Waals surface area (Å²) in [5.41, 5.74) is 3.86. The average Bonchev–Trinajstić information content (AvgIpc) is 3.07. The standard InChI is InChI=1S/2C10H9.C4H8.2ClH.Zr/c2*1-8-6-9-4-2-3-5-10(9)7-8;1-4(2)3;;;/h2*2-7H,1H3;1H2,2-3H3;2*1H;/q2*-1;;;;+4/p-2. The maximum Gasteiger partial charge on any atom is 4.00 e. The van der Waals surface area contributed by atoms with Gasteiger partial charge in [-0.15, -0.1) is 87.8 Å². The third-order valence-electron chi connectivity index (χ3n) is 3.52. The Bertz CT molecular complexity index is 790. The molecule has 0 aliphatic heterocycles. The van der Waals surface area contributed by atoms with E-state index in [-0.39, 0.29) is 51.0 Å². The quantitative estimate of drug-likeness (QED) is 0.265. The molecule has 0 bridgehead atoms. The molecule has 0 amide bonds. The average molecular weight is 477 g/mol. The van der Waals surface area contributed by atoms with Gasteiger partial charge >= 0.3 is 26.2 Å². The molecule has 4 aromatic carbocycles. The fourth-order valence-corrected chi connectivity index (χ4v) is 2.61. The summed E-state index contributed by atoms with van der Waals surface area (Å²) in [5, 5.41) is 5.39. The molecule has 0 aliphatic carbocycles. The maximum atomic E-state index is 3.56. The monoisotopic (exact) mass is 474 g/mol. The molecule has 0 atom stereocenters. The summed E-state index contributed by atoms with van der Waals surface area (Å²) in [6.07, 6.45) is 0. The van der Waals surface area contributed by atoms with Crippen LogP contribution >= 0.6 is 0 Å². The van der Waals surface area contributed by atoms with Crippen LogP contribution in [-0.4, -0.2) is 0 Å². The Morgan fingerprint density at radius 3 is 1.30 bits per heavy atom. The largest absolute Gasteiger partial charge is 4.00 e. The molecule has 0 fully saturated rings. The van der Waals surface area contributed by atoms with Crippen LogP contribution in [0.4, 0.5) is 0 Å². The number of allylic oxidation sites excluding steroid dienone is 1. The van der Waals surface area contributed by atoms with Crippen LogP contribution in [-0.2, 0) is 26.2 Å². The summed E-state index contributed by atoms with van der Waals surface area (Å²) < 4.78 is 0. The topological polar surface area (TPSA) is 0 Å². The zero-order valence-electron chi connectivity index (χ0n) is 16.4. The van der Waals surface area contributed by atoms with E-state index in [9.17, 15) is 0 Å². The summed E-state index contributed by atoms with van der Waals surface area (Å²) in [7, 11) is 0. The number of benzene rings is 2. The van der Waals surface area contributed by atoms with Crippen molar-refractivity contribution in [1.29, 1.82) is 0 Å². The second-order valence-electron chi connectivity index (χ2n) is 6.53. The molecule has 4 rings (SSSR count). The van der Waals surface area contributed by atoms with Gasteiger partial charge in [0.1, 0.15) is 0 Å². The van der Waals surface area contributed by atoms with E-state index in [0.29, 0.717) is 0 Å². The summed E-state index contributed by atoms with van der Waals surface area (Å²) in [5.74, 6) is 0. The van der Waals surface area contributed by atoms with Gasteiger partial charge in [-0.25, -0.2) is 0 Å². The minimum Gasteiger partial charge on any atom is -1.00 e. The normalized spacial score (nSPS) is 8.74. The summed E-state index contributed by atoms with van der Waals surface area (Å²) >= 11 is 0. The molecule has 0 radical (unpaired) electrons. The van der Waals surface area contributed by atoms with E-state index in [2.05, 4.69) is 93.2 Å². The molecule has 0 nitrogen and oxygen atoms in total. The molecule has 0 saturated heterocycles. The second kappa shape index (κ2) is 13.9. The Morgan fingerprint density at radius 2 is 1.00 bits per heavy atom. The molecule has 0 heterocycles. The van der Waals surface area contributed by atoms with E-state index in [1.54, 1.807) is 0 Å². The van der Waals surface area contributed by atoms with Gasteiger partial charge in [0, 0.05) is 0 Å². The number of hydrogen-bond acceptors (Lipinski definition) is 0. The van der Waals surface area contributed by atoms with Gasteiger partial charge in [0.25, 0.3) is 0 Å². The minimum atomic E-state index is 0. The van der Waals surface area contributed by atoms with Crippen LogP contribution in [0.15, 0.2) is 84.9 Å². The van der Waals surface area contributed by atoms with Gasteiger partial charge in [0.2, 0.25) is 0 Å². The van der Waals surface area contributed by atoms with E-state index < -0.39 is 0 Å². The number of rotatable bonds is 0. The Hall–Kier alpha value is -1.14. The Kier molecular flexibility index (Phi) is 14.5. The smallest absolute Gasteiger partial charge is 1.00 e. The van der Waals surface area contributed by atoms with E-state index in [4.69, 9.17) is 0 Å². The molecular formula is C24H26Cl2Zr. The molecule has 0 unspecified atom stereocenters. The van der Waals surface area contributed by atoms with Crippen molar-refractivity contribution in [2.24, 2.45) is 0 Å². The third-order valence-corrected chi connectivity index (χ3v) is 3.52. The minimum absolute atomic E-state index is 0. The van der Waals surface area contributed by atoms with Crippen LogP contribution in [0.5, 0.6) is 0 Å². The predicted molar refractivity (Wildman–Crippen MR) is 109 cm³/mol. The van der Waals surface area contributed by atoms with Gasteiger partial charge in [-0.3, -0.25) is 0 Å². The molecule has 0 saturated carbocycles. The number of fused-ring (bicyclic) bond motifs is 2. The summed E-state index contributed by atoms with van der Waals surface area (Å²) in [6.45, 7) is 11.8. The van der Waals surface area contributed by atoms with Gasteiger partial charge in [0.15, 0.2) is 0 Å². The van der Waals surface area contributed by atoms with Crippen LogP contribution in [0, 0.1) is 13.8 Å². The second-order valence-corrected chi connectivity index (χ2v) is 6.53. The van der Waals surface area contributed by atoms with Crippen molar-refractivity contribution in [3.8, 4) is 0 Å². The van der Waals surface area contributed by atoms with Crippen molar-refractivity contribution in [1.82, 2.24) is 0 Å². The van der Waals surface area contributed by atoms with Crippen molar-refractivity contribution < 1.29 is 51.0 Å². The first-order chi connectivity index (χ1) is 11.5. The molecule has 0 N–H and O–H groups in total. The van der Waals surface area contributed by atoms with Crippen molar-refractivity contribution in [3.63, 3.8) is 0 Å². The fraction of sp³-hybridized carbons (Fsp3) is 0.167. The van der Waals surface area contributed by atoms with Crippen molar-refractivity contribution in [3.05, 3.63) is 96.1 Å². The van der Waals surface area contributed by atoms with Crippen LogP contribution in [0.1, 0.15) is 25.0 Å². The van der Waals surface area contributed by atoms with Gasteiger partial charge in [-0.05, 0) is 13.8 Å².